The summed E-state index contributed by atoms with van der Waals surface area (Å²) in [5.74, 6) is 0.633. The second kappa shape index (κ2) is 9.06. The van der Waals surface area contributed by atoms with Crippen LogP contribution in [0.4, 0.5) is 0 Å². The highest BCUT2D eigenvalue weighted by atomic mass is 16.5. The Labute approximate surface area is 111 Å². The van der Waals surface area contributed by atoms with Gasteiger partial charge in [0.05, 0.1) is 0 Å². The zero-order valence-corrected chi connectivity index (χ0v) is 11.9. The average molecular weight is 250 g/mol. The normalized spacial score (nSPS) is 14.4. The number of hydrogen-bond donors (Lipinski definition) is 1. The second-order valence-electron chi connectivity index (χ2n) is 4.78. The standard InChI is InChI=1S/C15H26N2O/c1-4-16-15(13(2)10-12-18-3)9-8-14-7-5-6-11-17-14/h5-7,11,13,15-16H,4,8-10,12H2,1-3H3. The molecule has 0 spiro atoms. The Bertz CT molecular complexity index is 303. The lowest BCUT2D eigenvalue weighted by Crippen LogP contribution is -2.35. The molecule has 0 saturated heterocycles. The van der Waals surface area contributed by atoms with Crippen molar-refractivity contribution in [2.75, 3.05) is 20.3 Å². The van der Waals surface area contributed by atoms with Crippen molar-refractivity contribution in [2.45, 2.75) is 39.2 Å². The van der Waals surface area contributed by atoms with Crippen LogP contribution in [0.25, 0.3) is 0 Å². The lowest BCUT2D eigenvalue weighted by atomic mass is 9.94. The number of aryl methyl sites for hydroxylation is 1. The van der Waals surface area contributed by atoms with E-state index in [1.165, 1.54) is 5.69 Å². The van der Waals surface area contributed by atoms with Crippen molar-refractivity contribution in [3.63, 3.8) is 0 Å². The minimum absolute atomic E-state index is 0.548. The van der Waals surface area contributed by atoms with Crippen LogP contribution in [0.5, 0.6) is 0 Å². The first-order chi connectivity index (χ1) is 8.77. The molecular formula is C15H26N2O. The Hall–Kier alpha value is -0.930. The van der Waals surface area contributed by atoms with Crippen LogP contribution in [-0.4, -0.2) is 31.3 Å². The van der Waals surface area contributed by atoms with Gasteiger partial charge in [0.25, 0.3) is 0 Å². The highest BCUT2D eigenvalue weighted by Crippen LogP contribution is 2.14. The molecule has 0 fully saturated rings. The Kier molecular flexibility index (Phi) is 7.62. The van der Waals surface area contributed by atoms with Gasteiger partial charge in [-0.25, -0.2) is 0 Å². The molecule has 102 valence electrons. The minimum atomic E-state index is 0.548. The molecular weight excluding hydrogens is 224 g/mol. The predicted octanol–water partition coefficient (Wildman–Crippen LogP) is 2.66. The van der Waals surface area contributed by atoms with Crippen molar-refractivity contribution >= 4 is 0 Å². The third-order valence-electron chi connectivity index (χ3n) is 3.37. The number of hydrogen-bond acceptors (Lipinski definition) is 3. The maximum absolute atomic E-state index is 5.16. The monoisotopic (exact) mass is 250 g/mol. The Morgan fingerprint density at radius 2 is 2.17 bits per heavy atom. The van der Waals surface area contributed by atoms with E-state index in [1.807, 2.05) is 12.3 Å². The molecule has 0 saturated carbocycles. The zero-order chi connectivity index (χ0) is 13.2. The van der Waals surface area contributed by atoms with E-state index in [4.69, 9.17) is 4.74 Å². The first kappa shape index (κ1) is 15.1. The molecule has 0 aliphatic rings. The van der Waals surface area contributed by atoms with Gasteiger partial charge in [0, 0.05) is 31.6 Å². The van der Waals surface area contributed by atoms with Crippen molar-refractivity contribution < 1.29 is 4.74 Å². The maximum atomic E-state index is 5.16. The summed E-state index contributed by atoms with van der Waals surface area (Å²) in [4.78, 5) is 4.38. The van der Waals surface area contributed by atoms with Crippen molar-refractivity contribution in [3.05, 3.63) is 30.1 Å². The van der Waals surface area contributed by atoms with Crippen molar-refractivity contribution in [1.82, 2.24) is 10.3 Å². The van der Waals surface area contributed by atoms with E-state index < -0.39 is 0 Å². The summed E-state index contributed by atoms with van der Waals surface area (Å²) in [7, 11) is 1.77. The van der Waals surface area contributed by atoms with Crippen LogP contribution in [-0.2, 0) is 11.2 Å². The molecule has 1 heterocycles. The lowest BCUT2D eigenvalue weighted by molar-refractivity contribution is 0.169. The molecule has 1 aromatic rings. The van der Waals surface area contributed by atoms with Gasteiger partial charge in [-0.15, -0.1) is 0 Å². The highest BCUT2D eigenvalue weighted by Gasteiger charge is 2.16. The Balaban J connectivity index is 2.41. The number of ether oxygens (including phenoxy) is 1. The zero-order valence-electron chi connectivity index (χ0n) is 11.9. The fraction of sp³-hybridized carbons (Fsp3) is 0.667. The predicted molar refractivity (Wildman–Crippen MR) is 75.7 cm³/mol. The number of nitrogens with one attached hydrogen (secondary N) is 1. The third-order valence-corrected chi connectivity index (χ3v) is 3.37. The van der Waals surface area contributed by atoms with Gasteiger partial charge in [-0.3, -0.25) is 4.98 Å². The maximum Gasteiger partial charge on any atom is 0.0465 e. The fourth-order valence-electron chi connectivity index (χ4n) is 2.20. The number of rotatable bonds is 9. The quantitative estimate of drug-likeness (QED) is 0.731. The molecule has 0 amide bonds. The largest absolute Gasteiger partial charge is 0.385 e. The van der Waals surface area contributed by atoms with E-state index in [2.05, 4.69) is 36.3 Å². The van der Waals surface area contributed by atoms with Crippen LogP contribution in [0.3, 0.4) is 0 Å². The number of methoxy groups -OCH3 is 1. The molecule has 0 bridgehead atoms. The van der Waals surface area contributed by atoms with E-state index in [0.717, 1.165) is 32.4 Å². The summed E-state index contributed by atoms with van der Waals surface area (Å²) in [6.45, 7) is 6.32. The van der Waals surface area contributed by atoms with Crippen LogP contribution < -0.4 is 5.32 Å². The Morgan fingerprint density at radius 3 is 2.78 bits per heavy atom. The molecule has 3 heteroatoms. The van der Waals surface area contributed by atoms with Gasteiger partial charge in [0.1, 0.15) is 0 Å². The molecule has 0 aromatic carbocycles. The van der Waals surface area contributed by atoms with Gasteiger partial charge < -0.3 is 10.1 Å². The lowest BCUT2D eigenvalue weighted by Gasteiger charge is -2.24. The molecule has 1 N–H and O–H groups in total. The van der Waals surface area contributed by atoms with E-state index in [-0.39, 0.29) is 0 Å². The summed E-state index contributed by atoms with van der Waals surface area (Å²) in [6, 6.07) is 6.67. The van der Waals surface area contributed by atoms with Gasteiger partial charge >= 0.3 is 0 Å². The van der Waals surface area contributed by atoms with Crippen molar-refractivity contribution in [1.29, 1.82) is 0 Å². The van der Waals surface area contributed by atoms with Crippen LogP contribution in [0.1, 0.15) is 32.4 Å². The summed E-state index contributed by atoms with van der Waals surface area (Å²) >= 11 is 0. The smallest absolute Gasteiger partial charge is 0.0465 e. The van der Waals surface area contributed by atoms with E-state index in [9.17, 15) is 0 Å². The molecule has 0 aliphatic carbocycles. The molecule has 1 aromatic heterocycles. The van der Waals surface area contributed by atoms with E-state index >= 15 is 0 Å². The molecule has 0 radical (unpaired) electrons. The molecule has 3 nitrogen and oxygen atoms in total. The first-order valence-electron chi connectivity index (χ1n) is 6.90. The van der Waals surface area contributed by atoms with Crippen LogP contribution in [0, 0.1) is 5.92 Å². The SMILES string of the molecule is CCNC(CCc1ccccn1)C(C)CCOC. The summed E-state index contributed by atoms with van der Waals surface area (Å²) in [5.41, 5.74) is 1.18. The summed E-state index contributed by atoms with van der Waals surface area (Å²) < 4.78 is 5.16. The number of nitrogens with zero attached hydrogens (tertiary/aromatic N) is 1. The molecule has 2 unspecified atom stereocenters. The fourth-order valence-corrected chi connectivity index (χ4v) is 2.20. The van der Waals surface area contributed by atoms with Crippen LogP contribution >= 0.6 is 0 Å². The van der Waals surface area contributed by atoms with Crippen molar-refractivity contribution in [3.8, 4) is 0 Å². The summed E-state index contributed by atoms with van der Waals surface area (Å²) in [6.07, 6.45) is 5.15. The second-order valence-corrected chi connectivity index (χ2v) is 4.78. The first-order valence-corrected chi connectivity index (χ1v) is 6.90. The van der Waals surface area contributed by atoms with Gasteiger partial charge in [0.2, 0.25) is 0 Å². The highest BCUT2D eigenvalue weighted by molar-refractivity contribution is 5.03. The molecule has 0 aliphatic heterocycles. The topological polar surface area (TPSA) is 34.2 Å². The van der Waals surface area contributed by atoms with E-state index in [1.54, 1.807) is 7.11 Å². The molecule has 2 atom stereocenters. The number of pyridine rings is 1. The Morgan fingerprint density at radius 1 is 1.33 bits per heavy atom. The average Bonchev–Trinajstić information content (AvgIpc) is 2.42. The third kappa shape index (κ3) is 5.61. The minimum Gasteiger partial charge on any atom is -0.385 e. The van der Waals surface area contributed by atoms with Gasteiger partial charge in [0.15, 0.2) is 0 Å². The molecule has 1 rings (SSSR count). The van der Waals surface area contributed by atoms with Gasteiger partial charge in [-0.1, -0.05) is 19.9 Å². The van der Waals surface area contributed by atoms with Crippen molar-refractivity contribution in [2.24, 2.45) is 5.92 Å². The van der Waals surface area contributed by atoms with E-state index in [0.29, 0.717) is 12.0 Å². The van der Waals surface area contributed by atoms with Gasteiger partial charge in [-0.05, 0) is 43.9 Å². The molecule has 18 heavy (non-hydrogen) atoms. The number of aromatic nitrogens is 1. The van der Waals surface area contributed by atoms with Gasteiger partial charge in [-0.2, -0.15) is 0 Å². The van der Waals surface area contributed by atoms with Crippen LogP contribution in [0.2, 0.25) is 0 Å². The van der Waals surface area contributed by atoms with Crippen LogP contribution in [0.15, 0.2) is 24.4 Å². The summed E-state index contributed by atoms with van der Waals surface area (Å²) in [5, 5.41) is 3.58.